The fourth-order valence-corrected chi connectivity index (χ4v) is 3.42. The van der Waals surface area contributed by atoms with Gasteiger partial charge in [-0.25, -0.2) is 0 Å². The Hall–Kier alpha value is -0.520. The second-order valence-corrected chi connectivity index (χ2v) is 6.43. The number of ether oxygens (including phenoxy) is 2. The van der Waals surface area contributed by atoms with Crippen molar-refractivity contribution in [3.63, 3.8) is 0 Å². The summed E-state index contributed by atoms with van der Waals surface area (Å²) in [5.41, 5.74) is 0. The Morgan fingerprint density at radius 1 is 1.37 bits per heavy atom. The van der Waals surface area contributed by atoms with Crippen molar-refractivity contribution in [2.45, 2.75) is 20.3 Å². The number of ketones is 1. The van der Waals surface area contributed by atoms with Crippen molar-refractivity contribution in [3.8, 4) is 0 Å². The van der Waals surface area contributed by atoms with Crippen molar-refractivity contribution in [3.05, 3.63) is 10.7 Å². The first kappa shape index (κ1) is 14.9. The summed E-state index contributed by atoms with van der Waals surface area (Å²) in [6.07, 6.45) is 0.948. The number of allylic oxidation sites excluding steroid dienone is 2. The van der Waals surface area contributed by atoms with Gasteiger partial charge in [0, 0.05) is 24.5 Å². The van der Waals surface area contributed by atoms with E-state index in [0.717, 1.165) is 44.2 Å². The maximum atomic E-state index is 11.8. The van der Waals surface area contributed by atoms with Gasteiger partial charge in [0.1, 0.15) is 6.61 Å². The van der Waals surface area contributed by atoms with E-state index in [0.29, 0.717) is 24.0 Å². The van der Waals surface area contributed by atoms with Crippen LogP contribution in [0, 0.1) is 5.92 Å². The van der Waals surface area contributed by atoms with Crippen molar-refractivity contribution >= 4 is 17.5 Å². The molecule has 2 aliphatic rings. The number of thioether (sulfide) groups is 1. The number of morpholine rings is 1. The molecule has 0 unspecified atom stereocenters. The van der Waals surface area contributed by atoms with Crippen molar-refractivity contribution in [2.75, 3.05) is 45.2 Å². The predicted octanol–water partition coefficient (Wildman–Crippen LogP) is 1.91. The third-order valence-corrected chi connectivity index (χ3v) is 4.34. The molecule has 0 aromatic rings. The first-order valence-electron chi connectivity index (χ1n) is 6.99. The highest BCUT2D eigenvalue weighted by Crippen LogP contribution is 2.34. The fourth-order valence-electron chi connectivity index (χ4n) is 2.22. The zero-order valence-corrected chi connectivity index (χ0v) is 12.6. The number of hydrogen-bond acceptors (Lipinski definition) is 5. The van der Waals surface area contributed by atoms with E-state index in [2.05, 4.69) is 18.7 Å². The van der Waals surface area contributed by atoms with Crippen molar-refractivity contribution in [2.24, 2.45) is 5.92 Å². The van der Waals surface area contributed by atoms with Crippen LogP contribution in [0.15, 0.2) is 10.7 Å². The molecule has 4 nitrogen and oxygen atoms in total. The van der Waals surface area contributed by atoms with Gasteiger partial charge in [-0.3, -0.25) is 9.69 Å². The summed E-state index contributed by atoms with van der Waals surface area (Å²) in [5.74, 6) is 1.90. The molecule has 0 spiro atoms. The lowest BCUT2D eigenvalue weighted by molar-refractivity contribution is -0.116. The Morgan fingerprint density at radius 2 is 2.11 bits per heavy atom. The maximum Gasteiger partial charge on any atom is 0.208 e. The van der Waals surface area contributed by atoms with E-state index >= 15 is 0 Å². The van der Waals surface area contributed by atoms with Gasteiger partial charge in [0.25, 0.3) is 0 Å². The van der Waals surface area contributed by atoms with Crippen LogP contribution >= 0.6 is 11.8 Å². The molecular formula is C14H23NO3S. The lowest BCUT2D eigenvalue weighted by Crippen LogP contribution is -2.38. The highest BCUT2D eigenvalue weighted by Gasteiger charge is 2.26. The predicted molar refractivity (Wildman–Crippen MR) is 77.2 cm³/mol. The van der Waals surface area contributed by atoms with Crippen LogP contribution in [-0.2, 0) is 14.3 Å². The van der Waals surface area contributed by atoms with E-state index in [1.54, 1.807) is 11.8 Å². The van der Waals surface area contributed by atoms with Gasteiger partial charge in [-0.05, 0) is 12.3 Å². The lowest BCUT2D eigenvalue weighted by atomic mass is 10.1. The number of carbonyl (C=O) groups is 1. The number of rotatable bonds is 6. The van der Waals surface area contributed by atoms with Crippen LogP contribution in [0.5, 0.6) is 0 Å². The average Bonchev–Trinajstić information content (AvgIpc) is 2.72. The minimum Gasteiger partial charge on any atom is -0.488 e. The molecule has 2 aliphatic heterocycles. The molecule has 0 saturated carbocycles. The smallest absolute Gasteiger partial charge is 0.208 e. The summed E-state index contributed by atoms with van der Waals surface area (Å²) in [6.45, 7) is 9.34. The number of carbonyl (C=O) groups excluding carboxylic acids is 1. The minimum absolute atomic E-state index is 0.155. The lowest BCUT2D eigenvalue weighted by Gasteiger charge is -2.26. The van der Waals surface area contributed by atoms with E-state index in [1.807, 2.05) is 0 Å². The molecule has 0 bridgehead atoms. The average molecular weight is 285 g/mol. The van der Waals surface area contributed by atoms with Gasteiger partial charge >= 0.3 is 0 Å². The van der Waals surface area contributed by atoms with Crippen LogP contribution in [0.3, 0.4) is 0 Å². The van der Waals surface area contributed by atoms with Crippen LogP contribution < -0.4 is 0 Å². The molecule has 0 atom stereocenters. The Labute approximate surface area is 119 Å². The van der Waals surface area contributed by atoms with E-state index in [-0.39, 0.29) is 5.78 Å². The summed E-state index contributed by atoms with van der Waals surface area (Å²) in [6, 6.07) is 0. The molecule has 5 heteroatoms. The molecule has 1 fully saturated rings. The molecule has 0 aromatic heterocycles. The van der Waals surface area contributed by atoms with Crippen LogP contribution in [0.1, 0.15) is 20.3 Å². The van der Waals surface area contributed by atoms with Crippen LogP contribution in [0.2, 0.25) is 0 Å². The standard InChI is InChI=1S/C14H23NO3S/c1-11(2)9-13-14(12(16)10-19-13)18-8-5-15-3-6-17-7-4-15/h11H,3-10H2,1-2H3. The highest BCUT2D eigenvalue weighted by atomic mass is 32.2. The van der Waals surface area contributed by atoms with Gasteiger partial charge in [0.15, 0.2) is 5.76 Å². The van der Waals surface area contributed by atoms with Crippen molar-refractivity contribution in [1.82, 2.24) is 4.90 Å². The van der Waals surface area contributed by atoms with Crippen LogP contribution in [0.25, 0.3) is 0 Å². The monoisotopic (exact) mass is 285 g/mol. The molecule has 108 valence electrons. The zero-order valence-electron chi connectivity index (χ0n) is 11.8. The van der Waals surface area contributed by atoms with Crippen LogP contribution in [-0.4, -0.2) is 55.9 Å². The van der Waals surface area contributed by atoms with E-state index in [4.69, 9.17) is 9.47 Å². The van der Waals surface area contributed by atoms with Gasteiger partial charge < -0.3 is 9.47 Å². The molecule has 0 N–H and O–H groups in total. The molecule has 0 radical (unpaired) electrons. The number of hydrogen-bond donors (Lipinski definition) is 0. The molecule has 0 aliphatic carbocycles. The first-order valence-corrected chi connectivity index (χ1v) is 7.97. The SMILES string of the molecule is CC(C)CC1=C(OCCN2CCOCC2)C(=O)CS1. The summed E-state index contributed by atoms with van der Waals surface area (Å²) in [4.78, 5) is 15.3. The van der Waals surface area contributed by atoms with Crippen molar-refractivity contribution < 1.29 is 14.3 Å². The Morgan fingerprint density at radius 3 is 2.79 bits per heavy atom. The second-order valence-electron chi connectivity index (χ2n) is 5.36. The number of Topliss-reactive ketones (excluding diaryl/α,β-unsaturated/α-hetero) is 1. The Kier molecular flexibility index (Phi) is 5.73. The topological polar surface area (TPSA) is 38.8 Å². The fraction of sp³-hybridized carbons (Fsp3) is 0.786. The van der Waals surface area contributed by atoms with Gasteiger partial charge in [0.2, 0.25) is 5.78 Å². The summed E-state index contributed by atoms with van der Waals surface area (Å²) in [5, 5.41) is 0. The third-order valence-electron chi connectivity index (χ3n) is 3.24. The molecular weight excluding hydrogens is 262 g/mol. The molecule has 2 rings (SSSR count). The summed E-state index contributed by atoms with van der Waals surface area (Å²) in [7, 11) is 0. The van der Waals surface area contributed by atoms with E-state index in [1.165, 1.54) is 0 Å². The number of nitrogens with zero attached hydrogens (tertiary/aromatic N) is 1. The van der Waals surface area contributed by atoms with Gasteiger partial charge in [-0.2, -0.15) is 0 Å². The van der Waals surface area contributed by atoms with E-state index < -0.39 is 0 Å². The Balaban J connectivity index is 1.80. The van der Waals surface area contributed by atoms with Crippen LogP contribution in [0.4, 0.5) is 0 Å². The van der Waals surface area contributed by atoms with Gasteiger partial charge in [-0.15, -0.1) is 11.8 Å². The Bertz CT molecular complexity index is 349. The summed E-state index contributed by atoms with van der Waals surface area (Å²) >= 11 is 1.64. The summed E-state index contributed by atoms with van der Waals surface area (Å²) < 4.78 is 11.1. The second kappa shape index (κ2) is 7.31. The van der Waals surface area contributed by atoms with Gasteiger partial charge in [-0.1, -0.05) is 13.8 Å². The highest BCUT2D eigenvalue weighted by molar-refractivity contribution is 8.04. The molecule has 0 amide bonds. The van der Waals surface area contributed by atoms with E-state index in [9.17, 15) is 4.79 Å². The minimum atomic E-state index is 0.155. The zero-order chi connectivity index (χ0) is 13.7. The maximum absolute atomic E-state index is 11.8. The normalized spacial score (nSPS) is 21.5. The molecule has 19 heavy (non-hydrogen) atoms. The largest absolute Gasteiger partial charge is 0.488 e. The molecule has 0 aromatic carbocycles. The molecule has 2 heterocycles. The molecule has 1 saturated heterocycles. The first-order chi connectivity index (χ1) is 9.16. The quantitative estimate of drug-likeness (QED) is 0.745. The van der Waals surface area contributed by atoms with Gasteiger partial charge in [0.05, 0.1) is 19.0 Å². The third kappa shape index (κ3) is 4.51. The van der Waals surface area contributed by atoms with Crippen molar-refractivity contribution in [1.29, 1.82) is 0 Å².